The number of carbonyl (C=O) groups is 1. The number of benzene rings is 1. The average molecular weight is 463 g/mol. The molecule has 0 saturated carbocycles. The van der Waals surface area contributed by atoms with E-state index in [1.54, 1.807) is 0 Å². The molecule has 32 heavy (non-hydrogen) atoms. The number of amides is 1. The molecule has 2 N–H and O–H groups in total. The molecule has 0 radical (unpaired) electrons. The van der Waals surface area contributed by atoms with Crippen molar-refractivity contribution in [2.24, 2.45) is 5.14 Å². The van der Waals surface area contributed by atoms with Gasteiger partial charge in [-0.25, -0.2) is 18.5 Å². The average Bonchev–Trinajstić information content (AvgIpc) is 3.24. The number of sulfonamides is 1. The molecular formula is C23H34N4O4S. The zero-order valence-corrected chi connectivity index (χ0v) is 19.4. The third-order valence-corrected chi connectivity index (χ3v) is 6.69. The van der Waals surface area contributed by atoms with Crippen molar-refractivity contribution in [3.8, 4) is 0 Å². The predicted octanol–water partition coefficient (Wildman–Crippen LogP) is 2.65. The number of piperidine rings is 1. The maximum Gasteiger partial charge on any atom is 0.222 e. The Morgan fingerprint density at radius 3 is 2.59 bits per heavy atom. The number of nitrogens with two attached hydrogens (primary N) is 1. The molecule has 3 rings (SSSR count). The minimum atomic E-state index is -3.51. The van der Waals surface area contributed by atoms with Gasteiger partial charge in [0.1, 0.15) is 5.82 Å². The number of primary sulfonamides is 1. The smallest absolute Gasteiger partial charge is 0.222 e. The summed E-state index contributed by atoms with van der Waals surface area (Å²) < 4.78 is 30.0. The number of likely N-dealkylation sites (tertiary alicyclic amines) is 1. The summed E-state index contributed by atoms with van der Waals surface area (Å²) in [5.74, 6) is 1.29. The summed E-state index contributed by atoms with van der Waals surface area (Å²) in [6, 6.07) is 10.2. The summed E-state index contributed by atoms with van der Waals surface area (Å²) in [6.07, 6.45) is 8.15. The summed E-state index contributed by atoms with van der Waals surface area (Å²) in [7, 11) is -3.51. The molecular weight excluding hydrogens is 428 g/mol. The molecule has 0 unspecified atom stereocenters. The molecule has 2 heterocycles. The monoisotopic (exact) mass is 462 g/mol. The zero-order valence-electron chi connectivity index (χ0n) is 18.6. The Bertz CT molecular complexity index is 938. The Morgan fingerprint density at radius 1 is 1.12 bits per heavy atom. The minimum Gasteiger partial charge on any atom is -0.377 e. The zero-order chi connectivity index (χ0) is 22.8. The van der Waals surface area contributed by atoms with Crippen LogP contribution in [0.5, 0.6) is 0 Å². The molecule has 1 amide bonds. The molecule has 1 saturated heterocycles. The lowest BCUT2D eigenvalue weighted by Gasteiger charge is -2.32. The van der Waals surface area contributed by atoms with Gasteiger partial charge in [-0.3, -0.25) is 4.79 Å². The fourth-order valence-corrected chi connectivity index (χ4v) is 4.64. The number of imidazole rings is 1. The number of hydrogen-bond acceptors (Lipinski definition) is 5. The number of carbonyl (C=O) groups excluding carboxylic acids is 1. The lowest BCUT2D eigenvalue weighted by molar-refractivity contribution is -0.132. The van der Waals surface area contributed by atoms with Crippen LogP contribution in [0, 0.1) is 0 Å². The van der Waals surface area contributed by atoms with Crippen molar-refractivity contribution in [1.29, 1.82) is 0 Å². The van der Waals surface area contributed by atoms with Crippen LogP contribution in [-0.4, -0.2) is 54.2 Å². The first-order chi connectivity index (χ1) is 15.4. The van der Waals surface area contributed by atoms with Gasteiger partial charge in [0.05, 0.1) is 12.4 Å². The van der Waals surface area contributed by atoms with Gasteiger partial charge in [-0.2, -0.15) is 0 Å². The first-order valence-corrected chi connectivity index (χ1v) is 13.0. The van der Waals surface area contributed by atoms with Crippen LogP contribution in [-0.2, 0) is 32.7 Å². The number of nitrogens with zero attached hydrogens (tertiary/aromatic N) is 3. The van der Waals surface area contributed by atoms with E-state index in [1.807, 2.05) is 35.5 Å². The van der Waals surface area contributed by atoms with Gasteiger partial charge < -0.3 is 14.2 Å². The van der Waals surface area contributed by atoms with Crippen molar-refractivity contribution < 1.29 is 17.9 Å². The molecule has 0 atom stereocenters. The van der Waals surface area contributed by atoms with E-state index in [-0.39, 0.29) is 24.5 Å². The molecule has 1 aliphatic rings. The lowest BCUT2D eigenvalue weighted by Crippen LogP contribution is -2.38. The molecule has 1 fully saturated rings. The summed E-state index contributed by atoms with van der Waals surface area (Å²) in [5, 5.41) is 5.00. The number of ether oxygens (including phenoxy) is 1. The van der Waals surface area contributed by atoms with Crippen LogP contribution in [0.15, 0.2) is 42.7 Å². The number of aryl methyl sites for hydroxylation is 1. The normalized spacial score (nSPS) is 15.2. The fraction of sp³-hybridized carbons (Fsp3) is 0.565. The van der Waals surface area contributed by atoms with Crippen molar-refractivity contribution in [3.05, 3.63) is 54.1 Å². The van der Waals surface area contributed by atoms with Crippen LogP contribution in [0.25, 0.3) is 0 Å². The standard InChI is InChI=1S/C23H34N4O4S/c24-32(29,30)18-6-9-22(28)26-14-10-21(11-15-26)23-25-12-16-27(23)13-4-5-17-31-19-20-7-2-1-3-8-20/h1-3,7-8,12,16,21H,4-6,9-11,13-15,17-19H2,(H2,24,29,30). The predicted molar refractivity (Wildman–Crippen MR) is 123 cm³/mol. The highest BCUT2D eigenvalue weighted by Crippen LogP contribution is 2.27. The van der Waals surface area contributed by atoms with E-state index < -0.39 is 10.0 Å². The van der Waals surface area contributed by atoms with Gasteiger partial charge in [0.25, 0.3) is 0 Å². The van der Waals surface area contributed by atoms with E-state index in [0.29, 0.717) is 25.6 Å². The molecule has 1 aliphatic heterocycles. The van der Waals surface area contributed by atoms with Gasteiger partial charge in [0.2, 0.25) is 15.9 Å². The van der Waals surface area contributed by atoms with E-state index in [4.69, 9.17) is 9.88 Å². The Kier molecular flexibility index (Phi) is 9.25. The van der Waals surface area contributed by atoms with Gasteiger partial charge in [-0.15, -0.1) is 0 Å². The lowest BCUT2D eigenvalue weighted by atomic mass is 9.95. The van der Waals surface area contributed by atoms with Crippen LogP contribution in [0.4, 0.5) is 0 Å². The van der Waals surface area contributed by atoms with Gasteiger partial charge in [-0.05, 0) is 37.7 Å². The number of aromatic nitrogens is 2. The molecule has 2 aromatic rings. The van der Waals surface area contributed by atoms with Crippen molar-refractivity contribution in [2.45, 2.75) is 57.6 Å². The third kappa shape index (κ3) is 8.03. The highest BCUT2D eigenvalue weighted by atomic mass is 32.2. The van der Waals surface area contributed by atoms with E-state index in [2.05, 4.69) is 21.7 Å². The van der Waals surface area contributed by atoms with Crippen molar-refractivity contribution in [2.75, 3.05) is 25.4 Å². The topological polar surface area (TPSA) is 108 Å². The molecule has 176 valence electrons. The summed E-state index contributed by atoms with van der Waals surface area (Å²) in [5.41, 5.74) is 1.19. The Labute approximate surface area is 190 Å². The minimum absolute atomic E-state index is 0.00550. The molecule has 0 spiro atoms. The maximum atomic E-state index is 12.3. The summed E-state index contributed by atoms with van der Waals surface area (Å²) in [6.45, 7) is 3.66. The second kappa shape index (κ2) is 12.1. The molecule has 8 nitrogen and oxygen atoms in total. The van der Waals surface area contributed by atoms with E-state index >= 15 is 0 Å². The maximum absolute atomic E-state index is 12.3. The van der Waals surface area contributed by atoms with Crippen LogP contribution in [0.3, 0.4) is 0 Å². The van der Waals surface area contributed by atoms with Crippen molar-refractivity contribution in [1.82, 2.24) is 14.5 Å². The van der Waals surface area contributed by atoms with Crippen LogP contribution in [0.2, 0.25) is 0 Å². The van der Waals surface area contributed by atoms with E-state index in [0.717, 1.165) is 44.7 Å². The van der Waals surface area contributed by atoms with Gasteiger partial charge >= 0.3 is 0 Å². The fourth-order valence-electron chi connectivity index (χ4n) is 4.09. The molecule has 0 bridgehead atoms. The van der Waals surface area contributed by atoms with Gasteiger partial charge in [0, 0.05) is 51.0 Å². The van der Waals surface area contributed by atoms with Crippen LogP contribution in [0.1, 0.15) is 55.8 Å². The first kappa shape index (κ1) is 24.4. The first-order valence-electron chi connectivity index (χ1n) is 11.3. The third-order valence-electron chi connectivity index (χ3n) is 5.83. The van der Waals surface area contributed by atoms with Crippen molar-refractivity contribution >= 4 is 15.9 Å². The molecule has 9 heteroatoms. The summed E-state index contributed by atoms with van der Waals surface area (Å²) >= 11 is 0. The molecule has 0 aliphatic carbocycles. The summed E-state index contributed by atoms with van der Waals surface area (Å²) in [4.78, 5) is 18.7. The highest BCUT2D eigenvalue weighted by molar-refractivity contribution is 7.89. The van der Waals surface area contributed by atoms with Crippen molar-refractivity contribution in [3.63, 3.8) is 0 Å². The Hall–Kier alpha value is -2.23. The van der Waals surface area contributed by atoms with E-state index in [1.165, 1.54) is 5.56 Å². The van der Waals surface area contributed by atoms with Gasteiger partial charge in [-0.1, -0.05) is 30.3 Å². The second-order valence-electron chi connectivity index (χ2n) is 8.35. The molecule has 1 aromatic carbocycles. The largest absolute Gasteiger partial charge is 0.377 e. The number of hydrogen-bond donors (Lipinski definition) is 1. The van der Waals surface area contributed by atoms with Crippen LogP contribution >= 0.6 is 0 Å². The Morgan fingerprint density at radius 2 is 1.88 bits per heavy atom. The van der Waals surface area contributed by atoms with E-state index in [9.17, 15) is 13.2 Å². The Balaban J connectivity index is 1.35. The second-order valence-corrected chi connectivity index (χ2v) is 10.1. The SMILES string of the molecule is NS(=O)(=O)CCCC(=O)N1CCC(c2nccn2CCCCOCc2ccccc2)CC1. The molecule has 1 aromatic heterocycles. The van der Waals surface area contributed by atoms with Gasteiger partial charge in [0.15, 0.2) is 0 Å². The quantitative estimate of drug-likeness (QED) is 0.488. The number of unbranched alkanes of at least 4 members (excludes halogenated alkanes) is 1. The highest BCUT2D eigenvalue weighted by Gasteiger charge is 2.26. The van der Waals surface area contributed by atoms with Crippen LogP contribution < -0.4 is 5.14 Å². The number of rotatable bonds is 12.